The van der Waals surface area contributed by atoms with Gasteiger partial charge in [0.15, 0.2) is 11.6 Å². The van der Waals surface area contributed by atoms with E-state index >= 15 is 0 Å². The molecule has 0 spiro atoms. The summed E-state index contributed by atoms with van der Waals surface area (Å²) < 4.78 is 43.1. The Balaban J connectivity index is 3.32. The smallest absolute Gasteiger partial charge is 0.266 e. The fourth-order valence-electron chi connectivity index (χ4n) is 1.42. The van der Waals surface area contributed by atoms with E-state index in [0.717, 1.165) is 6.07 Å². The molecule has 4 heteroatoms. The number of halogens is 3. The fourth-order valence-corrected chi connectivity index (χ4v) is 1.42. The van der Waals surface area contributed by atoms with Crippen molar-refractivity contribution in [2.24, 2.45) is 0 Å². The van der Waals surface area contributed by atoms with Crippen LogP contribution in [0.3, 0.4) is 0 Å². The minimum absolute atomic E-state index is 0.0289. The van der Waals surface area contributed by atoms with Crippen molar-refractivity contribution in [1.29, 1.82) is 0 Å². The van der Waals surface area contributed by atoms with Gasteiger partial charge in [0.1, 0.15) is 0 Å². The summed E-state index contributed by atoms with van der Waals surface area (Å²) in [6.07, 6.45) is -2.82. The number of alkyl halides is 2. The number of hydrogen-bond donors (Lipinski definition) is 0. The van der Waals surface area contributed by atoms with Gasteiger partial charge in [0, 0.05) is 0 Å². The van der Waals surface area contributed by atoms with Crippen molar-refractivity contribution in [3.63, 3.8) is 0 Å². The second-order valence-corrected chi connectivity index (χ2v) is 3.55. The molecule has 0 aliphatic carbocycles. The molecular formula is C11H13F3O. The predicted molar refractivity (Wildman–Crippen MR) is 52.0 cm³/mol. The van der Waals surface area contributed by atoms with Gasteiger partial charge >= 0.3 is 0 Å². The molecule has 0 saturated carbocycles. The van der Waals surface area contributed by atoms with Gasteiger partial charge in [-0.1, -0.05) is 19.9 Å². The van der Waals surface area contributed by atoms with Gasteiger partial charge in [-0.2, -0.15) is 0 Å². The SMILES string of the molecule is COc1c(C(C)C)ccc(C(F)F)c1F. The molecule has 84 valence electrons. The maximum absolute atomic E-state index is 13.5. The normalized spacial score (nSPS) is 11.2. The van der Waals surface area contributed by atoms with Crippen LogP contribution in [0.4, 0.5) is 13.2 Å². The first-order valence-corrected chi connectivity index (χ1v) is 4.63. The van der Waals surface area contributed by atoms with Crippen LogP contribution in [0.1, 0.15) is 37.3 Å². The highest BCUT2D eigenvalue weighted by Crippen LogP contribution is 2.34. The van der Waals surface area contributed by atoms with Gasteiger partial charge in [-0.15, -0.1) is 0 Å². The molecule has 0 fully saturated rings. The number of methoxy groups -OCH3 is 1. The number of ether oxygens (including phenoxy) is 1. The molecule has 0 aliphatic heterocycles. The molecule has 0 amide bonds. The van der Waals surface area contributed by atoms with Crippen LogP contribution in [0.25, 0.3) is 0 Å². The molecule has 0 unspecified atom stereocenters. The van der Waals surface area contributed by atoms with Crippen molar-refractivity contribution >= 4 is 0 Å². The Kier molecular flexibility index (Phi) is 3.61. The summed E-state index contributed by atoms with van der Waals surface area (Å²) in [5.74, 6) is -1.01. The number of hydrogen-bond acceptors (Lipinski definition) is 1. The van der Waals surface area contributed by atoms with Gasteiger partial charge in [-0.25, -0.2) is 13.2 Å². The summed E-state index contributed by atoms with van der Waals surface area (Å²) >= 11 is 0. The zero-order valence-corrected chi connectivity index (χ0v) is 8.85. The van der Waals surface area contributed by atoms with Gasteiger partial charge in [-0.3, -0.25) is 0 Å². The third kappa shape index (κ3) is 2.25. The zero-order valence-electron chi connectivity index (χ0n) is 8.85. The van der Waals surface area contributed by atoms with E-state index in [1.165, 1.54) is 13.2 Å². The Bertz CT molecular complexity index is 348. The number of benzene rings is 1. The quantitative estimate of drug-likeness (QED) is 0.747. The van der Waals surface area contributed by atoms with Crippen molar-refractivity contribution in [3.05, 3.63) is 29.1 Å². The van der Waals surface area contributed by atoms with Crippen molar-refractivity contribution in [2.45, 2.75) is 26.2 Å². The van der Waals surface area contributed by atoms with Crippen LogP contribution >= 0.6 is 0 Å². The molecule has 1 rings (SSSR count). The van der Waals surface area contributed by atoms with Gasteiger partial charge in [0.05, 0.1) is 12.7 Å². The van der Waals surface area contributed by atoms with Gasteiger partial charge in [0.2, 0.25) is 0 Å². The van der Waals surface area contributed by atoms with Crippen LogP contribution in [-0.4, -0.2) is 7.11 Å². The third-order valence-electron chi connectivity index (χ3n) is 2.22. The highest BCUT2D eigenvalue weighted by atomic mass is 19.3. The second-order valence-electron chi connectivity index (χ2n) is 3.55. The molecular weight excluding hydrogens is 205 g/mol. The van der Waals surface area contributed by atoms with E-state index in [4.69, 9.17) is 4.74 Å². The van der Waals surface area contributed by atoms with E-state index in [2.05, 4.69) is 0 Å². The summed E-state index contributed by atoms with van der Waals surface area (Å²) in [7, 11) is 1.28. The zero-order chi connectivity index (χ0) is 11.6. The lowest BCUT2D eigenvalue weighted by Crippen LogP contribution is -2.01. The van der Waals surface area contributed by atoms with Gasteiger partial charge in [-0.05, 0) is 17.5 Å². The molecule has 0 atom stereocenters. The lowest BCUT2D eigenvalue weighted by molar-refractivity contribution is 0.145. The second kappa shape index (κ2) is 4.55. The Morgan fingerprint density at radius 1 is 1.13 bits per heavy atom. The first kappa shape index (κ1) is 11.9. The molecule has 0 N–H and O–H groups in total. The van der Waals surface area contributed by atoms with Crippen LogP contribution < -0.4 is 4.74 Å². The summed E-state index contributed by atoms with van der Waals surface area (Å²) in [6.45, 7) is 3.69. The Hall–Kier alpha value is -1.19. The largest absolute Gasteiger partial charge is 0.493 e. The van der Waals surface area contributed by atoms with Crippen molar-refractivity contribution in [1.82, 2.24) is 0 Å². The predicted octanol–water partition coefficient (Wildman–Crippen LogP) is 3.90. The standard InChI is InChI=1S/C11H13F3O/c1-6(2)7-4-5-8(11(13)14)9(12)10(7)15-3/h4-6,11H,1-3H3. The van der Waals surface area contributed by atoms with E-state index in [9.17, 15) is 13.2 Å². The first-order chi connectivity index (χ1) is 6.99. The maximum Gasteiger partial charge on any atom is 0.266 e. The molecule has 15 heavy (non-hydrogen) atoms. The molecule has 0 saturated heterocycles. The minimum Gasteiger partial charge on any atom is -0.493 e. The third-order valence-corrected chi connectivity index (χ3v) is 2.22. The highest BCUT2D eigenvalue weighted by Gasteiger charge is 2.20. The fraction of sp³-hybridized carbons (Fsp3) is 0.455. The molecule has 0 heterocycles. The topological polar surface area (TPSA) is 9.23 Å². The lowest BCUT2D eigenvalue weighted by atomic mass is 10.00. The Morgan fingerprint density at radius 2 is 1.67 bits per heavy atom. The van der Waals surface area contributed by atoms with E-state index in [1.807, 2.05) is 13.8 Å². The Labute approximate surface area is 86.9 Å². The van der Waals surface area contributed by atoms with E-state index in [-0.39, 0.29) is 11.7 Å². The molecule has 0 aromatic heterocycles. The monoisotopic (exact) mass is 218 g/mol. The van der Waals surface area contributed by atoms with Gasteiger partial charge < -0.3 is 4.74 Å². The summed E-state index contributed by atoms with van der Waals surface area (Å²) in [5.41, 5.74) is -0.0179. The average molecular weight is 218 g/mol. The molecule has 1 nitrogen and oxygen atoms in total. The van der Waals surface area contributed by atoms with E-state index in [1.54, 1.807) is 0 Å². The molecule has 0 bridgehead atoms. The van der Waals surface area contributed by atoms with Crippen LogP contribution in [0, 0.1) is 5.82 Å². The highest BCUT2D eigenvalue weighted by molar-refractivity contribution is 5.41. The minimum atomic E-state index is -2.82. The maximum atomic E-state index is 13.5. The van der Waals surface area contributed by atoms with Crippen LogP contribution in [-0.2, 0) is 0 Å². The van der Waals surface area contributed by atoms with Crippen LogP contribution in [0.5, 0.6) is 5.75 Å². The molecule has 0 aliphatic rings. The Morgan fingerprint density at radius 3 is 2.07 bits per heavy atom. The summed E-state index contributed by atoms with van der Waals surface area (Å²) in [6, 6.07) is 2.59. The van der Waals surface area contributed by atoms with Gasteiger partial charge in [0.25, 0.3) is 6.43 Å². The molecule has 1 aromatic carbocycles. The van der Waals surface area contributed by atoms with Crippen LogP contribution in [0.2, 0.25) is 0 Å². The lowest BCUT2D eigenvalue weighted by Gasteiger charge is -2.14. The van der Waals surface area contributed by atoms with Crippen molar-refractivity contribution in [3.8, 4) is 5.75 Å². The molecule has 1 aromatic rings. The first-order valence-electron chi connectivity index (χ1n) is 4.63. The summed E-state index contributed by atoms with van der Waals surface area (Å²) in [4.78, 5) is 0. The van der Waals surface area contributed by atoms with Crippen molar-refractivity contribution < 1.29 is 17.9 Å². The average Bonchev–Trinajstić information content (AvgIpc) is 2.16. The molecule has 0 radical (unpaired) electrons. The van der Waals surface area contributed by atoms with Crippen LogP contribution in [0.15, 0.2) is 12.1 Å². The summed E-state index contributed by atoms with van der Waals surface area (Å²) in [5, 5.41) is 0. The number of rotatable bonds is 3. The van der Waals surface area contributed by atoms with E-state index < -0.39 is 17.8 Å². The van der Waals surface area contributed by atoms with E-state index in [0.29, 0.717) is 5.56 Å². The van der Waals surface area contributed by atoms with Crippen molar-refractivity contribution in [2.75, 3.05) is 7.11 Å².